The third-order valence-electron chi connectivity index (χ3n) is 7.40. The Labute approximate surface area is 231 Å². The van der Waals surface area contributed by atoms with E-state index in [1.165, 1.54) is 0 Å². The van der Waals surface area contributed by atoms with Gasteiger partial charge in [0.15, 0.2) is 5.65 Å². The van der Waals surface area contributed by atoms with Gasteiger partial charge in [-0.3, -0.25) is 14.4 Å². The molecule has 2 aliphatic heterocycles. The number of imidazole rings is 1. The summed E-state index contributed by atoms with van der Waals surface area (Å²) in [5, 5.41) is 3.18. The number of anilines is 1. The third-order valence-corrected chi connectivity index (χ3v) is 8.46. The van der Waals surface area contributed by atoms with E-state index in [0.29, 0.717) is 13.2 Å². The van der Waals surface area contributed by atoms with Crippen molar-refractivity contribution in [2.24, 2.45) is 5.41 Å². The van der Waals surface area contributed by atoms with Crippen LogP contribution in [-0.2, 0) is 9.47 Å². The van der Waals surface area contributed by atoms with Gasteiger partial charge in [0, 0.05) is 54.4 Å². The molecule has 1 N–H and O–H groups in total. The molecule has 10 nitrogen and oxygen atoms in total. The number of hydrogen-bond donors (Lipinski definition) is 1. The summed E-state index contributed by atoms with van der Waals surface area (Å²) in [5.74, 6) is 0.794. The number of carbonyl (C=O) groups excluding carboxylic acids is 1. The minimum atomic E-state index is -0.571. The number of rotatable bonds is 4. The highest BCUT2D eigenvalue weighted by molar-refractivity contribution is 7.99. The van der Waals surface area contributed by atoms with E-state index in [0.717, 1.165) is 51.8 Å². The molecule has 2 unspecified atom stereocenters. The molecule has 1 amide bonds. The molecule has 3 atom stereocenters. The summed E-state index contributed by atoms with van der Waals surface area (Å²) in [6.07, 6.45) is 10.7. The topological polar surface area (TPSA) is 107 Å². The summed E-state index contributed by atoms with van der Waals surface area (Å²) < 4.78 is 13.6. The van der Waals surface area contributed by atoms with E-state index in [1.807, 2.05) is 55.8 Å². The van der Waals surface area contributed by atoms with E-state index in [9.17, 15) is 4.79 Å². The number of alkyl carbamates (subject to hydrolysis) is 1. The zero-order chi connectivity index (χ0) is 27.2. The monoisotopic (exact) mass is 547 g/mol. The molecular formula is C28H33N7O3S. The molecule has 1 spiro atoms. The molecule has 0 aromatic carbocycles. The number of aromatic nitrogens is 5. The predicted octanol–water partition coefficient (Wildman–Crippen LogP) is 4.72. The first-order valence-electron chi connectivity index (χ1n) is 13.3. The van der Waals surface area contributed by atoms with E-state index < -0.39 is 11.7 Å². The van der Waals surface area contributed by atoms with Gasteiger partial charge < -0.3 is 19.7 Å². The van der Waals surface area contributed by atoms with E-state index in [-0.39, 0.29) is 17.6 Å². The van der Waals surface area contributed by atoms with Crippen LogP contribution in [0.15, 0.2) is 59.0 Å². The highest BCUT2D eigenvalue weighted by atomic mass is 32.2. The van der Waals surface area contributed by atoms with Gasteiger partial charge in [0.2, 0.25) is 5.95 Å². The molecule has 2 saturated heterocycles. The average Bonchev–Trinajstić information content (AvgIpc) is 3.53. The molecule has 39 heavy (non-hydrogen) atoms. The number of piperidine rings is 1. The van der Waals surface area contributed by atoms with Gasteiger partial charge in [0.05, 0.1) is 29.2 Å². The van der Waals surface area contributed by atoms with Crippen LogP contribution in [0.4, 0.5) is 10.7 Å². The Morgan fingerprint density at radius 1 is 1.15 bits per heavy atom. The number of ether oxygens (including phenoxy) is 2. The molecule has 4 aromatic rings. The lowest BCUT2D eigenvalue weighted by molar-refractivity contribution is 0.0385. The van der Waals surface area contributed by atoms with E-state index in [2.05, 4.69) is 32.1 Å². The van der Waals surface area contributed by atoms with Crippen LogP contribution in [0.3, 0.4) is 0 Å². The Morgan fingerprint density at radius 2 is 2.03 bits per heavy atom. The zero-order valence-corrected chi connectivity index (χ0v) is 23.4. The second-order valence-electron chi connectivity index (χ2n) is 11.4. The Hall–Kier alpha value is -3.44. The predicted molar refractivity (Wildman–Crippen MR) is 149 cm³/mol. The van der Waals surface area contributed by atoms with Crippen LogP contribution in [0.5, 0.6) is 0 Å². The molecule has 0 saturated carbocycles. The van der Waals surface area contributed by atoms with Crippen molar-refractivity contribution in [3.63, 3.8) is 0 Å². The molecule has 0 bridgehead atoms. The van der Waals surface area contributed by atoms with Gasteiger partial charge in [-0.25, -0.2) is 14.8 Å². The second kappa shape index (κ2) is 9.95. The molecule has 2 aliphatic rings. The maximum absolute atomic E-state index is 12.8. The van der Waals surface area contributed by atoms with Crippen molar-refractivity contribution < 1.29 is 14.3 Å². The lowest BCUT2D eigenvalue weighted by Crippen LogP contribution is -2.60. The van der Waals surface area contributed by atoms with Gasteiger partial charge in [-0.05, 0) is 58.7 Å². The van der Waals surface area contributed by atoms with Crippen molar-refractivity contribution >= 4 is 40.5 Å². The number of hydrogen-bond acceptors (Lipinski definition) is 9. The van der Waals surface area contributed by atoms with Gasteiger partial charge in [-0.2, -0.15) is 0 Å². The van der Waals surface area contributed by atoms with Crippen molar-refractivity contribution in [2.45, 2.75) is 68.1 Å². The molecule has 0 radical (unpaired) electrons. The fourth-order valence-corrected chi connectivity index (χ4v) is 6.60. The fourth-order valence-electron chi connectivity index (χ4n) is 5.63. The Morgan fingerprint density at radius 3 is 2.82 bits per heavy atom. The van der Waals surface area contributed by atoms with Crippen molar-refractivity contribution in [3.05, 3.63) is 49.2 Å². The molecule has 11 heteroatoms. The fraction of sp³-hybridized carbons (Fsp3) is 0.464. The van der Waals surface area contributed by atoms with Gasteiger partial charge in [-0.15, -0.1) is 0 Å². The minimum absolute atomic E-state index is 0.133. The first kappa shape index (κ1) is 25.8. The SMILES string of the molecule is C[C@H]1CC2(CCN(c3ncc(Sc4ccnc5cccnc45)c4nccn34)CC2NC(=O)OC(C)(C)C)CO1. The lowest BCUT2D eigenvalue weighted by Gasteiger charge is -2.45. The number of amides is 1. The van der Waals surface area contributed by atoms with Crippen molar-refractivity contribution in [1.82, 2.24) is 29.7 Å². The van der Waals surface area contributed by atoms with Crippen LogP contribution in [0.1, 0.15) is 40.5 Å². The average molecular weight is 548 g/mol. The second-order valence-corrected chi connectivity index (χ2v) is 12.5. The minimum Gasteiger partial charge on any atom is -0.444 e. The van der Waals surface area contributed by atoms with Crippen LogP contribution in [0.25, 0.3) is 16.7 Å². The quantitative estimate of drug-likeness (QED) is 0.388. The summed E-state index contributed by atoms with van der Waals surface area (Å²) in [4.78, 5) is 35.5. The highest BCUT2D eigenvalue weighted by Gasteiger charge is 2.49. The van der Waals surface area contributed by atoms with Gasteiger partial charge in [0.25, 0.3) is 0 Å². The van der Waals surface area contributed by atoms with Crippen LogP contribution < -0.4 is 10.2 Å². The van der Waals surface area contributed by atoms with E-state index in [4.69, 9.17) is 14.5 Å². The van der Waals surface area contributed by atoms with Gasteiger partial charge in [0.1, 0.15) is 11.1 Å². The molecular weight excluding hydrogens is 514 g/mol. The molecule has 204 valence electrons. The standard InChI is InChI=1S/C28H33N7O3S/c1-18-14-28(17-37-18)8-12-34(16-22(28)33-26(36)38-27(2,3)4)25-32-15-21(24-31-11-13-35(24)25)39-20-7-10-29-19-6-5-9-30-23(19)20/h5-7,9-11,13,15,18,22H,8,12,14,16-17H2,1-4H3,(H,33,36)/t18-,22?,28?/m0/s1. The van der Waals surface area contributed by atoms with Crippen molar-refractivity contribution in [3.8, 4) is 0 Å². The van der Waals surface area contributed by atoms with E-state index in [1.54, 1.807) is 30.4 Å². The highest BCUT2D eigenvalue weighted by Crippen LogP contribution is 2.43. The smallest absolute Gasteiger partial charge is 0.407 e. The van der Waals surface area contributed by atoms with Crippen LogP contribution in [0.2, 0.25) is 0 Å². The van der Waals surface area contributed by atoms with Crippen LogP contribution in [-0.4, -0.2) is 67.9 Å². The number of nitrogens with one attached hydrogen (secondary N) is 1. The summed E-state index contributed by atoms with van der Waals surface area (Å²) >= 11 is 1.58. The van der Waals surface area contributed by atoms with Crippen LogP contribution in [0, 0.1) is 5.41 Å². The summed E-state index contributed by atoms with van der Waals surface area (Å²) in [5.41, 5.74) is 1.82. The summed E-state index contributed by atoms with van der Waals surface area (Å²) in [6, 6.07) is 5.67. The van der Waals surface area contributed by atoms with Crippen molar-refractivity contribution in [2.75, 3.05) is 24.6 Å². The van der Waals surface area contributed by atoms with Gasteiger partial charge >= 0.3 is 6.09 Å². The number of carbonyl (C=O) groups is 1. The molecule has 6 rings (SSSR count). The maximum Gasteiger partial charge on any atom is 0.407 e. The Bertz CT molecular complexity index is 1510. The zero-order valence-electron chi connectivity index (χ0n) is 22.6. The van der Waals surface area contributed by atoms with E-state index >= 15 is 0 Å². The third kappa shape index (κ3) is 5.12. The largest absolute Gasteiger partial charge is 0.444 e. The number of nitrogens with zero attached hydrogens (tertiary/aromatic N) is 6. The Balaban J connectivity index is 1.29. The Kier molecular flexibility index (Phi) is 6.58. The van der Waals surface area contributed by atoms with Gasteiger partial charge in [-0.1, -0.05) is 11.8 Å². The lowest BCUT2D eigenvalue weighted by atomic mass is 9.73. The first-order valence-corrected chi connectivity index (χ1v) is 14.1. The molecule has 0 aliphatic carbocycles. The normalized spacial score (nSPS) is 23.5. The molecule has 2 fully saturated rings. The number of pyridine rings is 2. The first-order chi connectivity index (χ1) is 18.7. The summed E-state index contributed by atoms with van der Waals surface area (Å²) in [6.45, 7) is 9.75. The van der Waals surface area contributed by atoms with Crippen LogP contribution >= 0.6 is 11.8 Å². The summed E-state index contributed by atoms with van der Waals surface area (Å²) in [7, 11) is 0. The van der Waals surface area contributed by atoms with Crippen molar-refractivity contribution in [1.29, 1.82) is 0 Å². The maximum atomic E-state index is 12.8. The number of fused-ring (bicyclic) bond motifs is 2. The molecule has 6 heterocycles. The molecule has 4 aromatic heterocycles.